The Hall–Kier alpha value is -0.232. The molecule has 0 fully saturated rings. The minimum Gasteiger partial charge on any atom is -0.267 e. The maximum atomic E-state index is 3.83. The van der Waals surface area contributed by atoms with Gasteiger partial charge in [-0.3, -0.25) is 5.10 Å². The number of aromatic nitrogens is 2. The van der Waals surface area contributed by atoms with Crippen molar-refractivity contribution in [1.82, 2.24) is 10.2 Å². The zero-order chi connectivity index (χ0) is 6.85. The third kappa shape index (κ3) is 1.88. The van der Waals surface area contributed by atoms with Crippen molar-refractivity contribution in [3.8, 4) is 0 Å². The van der Waals surface area contributed by atoms with Crippen LogP contribution in [0.1, 0.15) is 16.8 Å². The van der Waals surface area contributed by atoms with E-state index in [0.29, 0.717) is 0 Å². The van der Waals surface area contributed by atoms with Crippen LogP contribution in [0.3, 0.4) is 0 Å². The van der Waals surface area contributed by atoms with Gasteiger partial charge in [0.05, 0.1) is 0 Å². The van der Waals surface area contributed by atoms with E-state index in [2.05, 4.69) is 16.4 Å². The van der Waals surface area contributed by atoms with Crippen LogP contribution in [0.5, 0.6) is 0 Å². The van der Waals surface area contributed by atoms with E-state index in [1.54, 1.807) is 0 Å². The average Bonchev–Trinajstić information content (AvgIpc) is 1.83. The van der Waals surface area contributed by atoms with E-state index in [-0.39, 0.29) is 21.1 Å². The van der Waals surface area contributed by atoms with Crippen LogP contribution in [0.15, 0.2) is 0 Å². The number of hydrogen-bond donors (Lipinski definition) is 0. The summed E-state index contributed by atoms with van der Waals surface area (Å²) in [6.07, 6.45) is 2.78. The van der Waals surface area contributed by atoms with Crippen LogP contribution >= 0.6 is 0 Å². The molecule has 0 aliphatic carbocycles. The van der Waals surface area contributed by atoms with Crippen LogP contribution in [-0.4, -0.2) is 10.2 Å². The van der Waals surface area contributed by atoms with Gasteiger partial charge in [-0.25, -0.2) is 0 Å². The summed E-state index contributed by atoms with van der Waals surface area (Å²) >= 11 is 0. The van der Waals surface area contributed by atoms with Gasteiger partial charge < -0.3 is 0 Å². The Morgan fingerprint density at radius 1 is 1.20 bits per heavy atom. The van der Waals surface area contributed by atoms with Crippen molar-refractivity contribution in [1.29, 1.82) is 0 Å². The Kier molecular flexibility index (Phi) is 3.73. The molecule has 52 valence electrons. The van der Waals surface area contributed by atoms with Crippen LogP contribution in [0, 0.1) is 27.0 Å². The molecule has 0 aromatic carbocycles. The topological polar surface area (TPSA) is 25.8 Å². The molecular weight excluding hydrogens is 296 g/mol. The first-order valence-corrected chi connectivity index (χ1v) is 2.90. The van der Waals surface area contributed by atoms with Crippen molar-refractivity contribution in [2.24, 2.45) is 0 Å². The number of aryl methyl sites for hydroxylation is 2. The summed E-state index contributed by atoms with van der Waals surface area (Å²) in [7, 11) is 0. The van der Waals surface area contributed by atoms with Crippen LogP contribution in [-0.2, 0) is 21.1 Å². The summed E-state index contributed by atoms with van der Waals surface area (Å²) in [6.45, 7) is 5.95. The van der Waals surface area contributed by atoms with E-state index >= 15 is 0 Å². The second-order valence-corrected chi connectivity index (χ2v) is 2.15. The molecular formula is C7H9N2W+. The standard InChI is InChI=1S/C7H9N2.W/c1-5-4-8-9-7(3)6(5)2;/h1-3H3;/q-1;+2. The minimum absolute atomic E-state index is 0. The van der Waals surface area contributed by atoms with Gasteiger partial charge in [-0.05, 0) is 12.6 Å². The van der Waals surface area contributed by atoms with Gasteiger partial charge in [0.25, 0.3) is 0 Å². The molecule has 1 aromatic rings. The van der Waals surface area contributed by atoms with E-state index in [0.717, 1.165) is 11.3 Å². The predicted molar refractivity (Wildman–Crippen MR) is 35.1 cm³/mol. The van der Waals surface area contributed by atoms with Crippen molar-refractivity contribution in [3.05, 3.63) is 23.0 Å². The normalized spacial score (nSPS) is 8.70. The molecule has 1 heterocycles. The maximum Gasteiger partial charge on any atom is 2.00 e. The Morgan fingerprint density at radius 3 is 2.20 bits per heavy atom. The Balaban J connectivity index is 0.000000810. The Labute approximate surface area is 75.3 Å². The maximum absolute atomic E-state index is 3.83. The summed E-state index contributed by atoms with van der Waals surface area (Å²) in [6, 6.07) is 0. The van der Waals surface area contributed by atoms with E-state index in [1.807, 2.05) is 20.8 Å². The number of nitrogens with zero attached hydrogens (tertiary/aromatic N) is 2. The molecule has 2 nitrogen and oxygen atoms in total. The zero-order valence-corrected chi connectivity index (χ0v) is 9.24. The van der Waals surface area contributed by atoms with Crippen molar-refractivity contribution in [2.45, 2.75) is 20.8 Å². The fourth-order valence-corrected chi connectivity index (χ4v) is 0.605. The molecule has 0 amide bonds. The summed E-state index contributed by atoms with van der Waals surface area (Å²) in [5.74, 6) is 0. The van der Waals surface area contributed by atoms with Gasteiger partial charge in [0.1, 0.15) is 0 Å². The zero-order valence-electron chi connectivity index (χ0n) is 6.30. The van der Waals surface area contributed by atoms with Crippen molar-refractivity contribution < 1.29 is 21.1 Å². The summed E-state index contributed by atoms with van der Waals surface area (Å²) in [4.78, 5) is 0. The largest absolute Gasteiger partial charge is 2.00 e. The van der Waals surface area contributed by atoms with Gasteiger partial charge in [-0.2, -0.15) is 16.2 Å². The summed E-state index contributed by atoms with van der Waals surface area (Å²) in [5, 5.41) is 7.50. The fourth-order valence-electron chi connectivity index (χ4n) is 0.605. The van der Waals surface area contributed by atoms with Gasteiger partial charge in [-0.1, -0.05) is 6.92 Å². The van der Waals surface area contributed by atoms with Gasteiger partial charge in [0.2, 0.25) is 0 Å². The molecule has 0 N–H and O–H groups in total. The first-order valence-electron chi connectivity index (χ1n) is 2.90. The van der Waals surface area contributed by atoms with Crippen molar-refractivity contribution in [3.63, 3.8) is 0 Å². The van der Waals surface area contributed by atoms with Crippen molar-refractivity contribution in [2.75, 3.05) is 0 Å². The van der Waals surface area contributed by atoms with E-state index < -0.39 is 0 Å². The van der Waals surface area contributed by atoms with Gasteiger partial charge >= 0.3 is 21.1 Å². The average molecular weight is 305 g/mol. The van der Waals surface area contributed by atoms with Gasteiger partial charge in [0.15, 0.2) is 0 Å². The molecule has 0 saturated heterocycles. The van der Waals surface area contributed by atoms with Crippen LogP contribution < -0.4 is 0 Å². The van der Waals surface area contributed by atoms with Crippen molar-refractivity contribution >= 4 is 0 Å². The Bertz CT molecular complexity index is 203. The van der Waals surface area contributed by atoms with Gasteiger partial charge in [0, 0.05) is 0 Å². The molecule has 1 rings (SSSR count). The predicted octanol–water partition coefficient (Wildman–Crippen LogP) is 1.20. The molecule has 1 aromatic heterocycles. The first kappa shape index (κ1) is 9.77. The molecule has 0 saturated carbocycles. The first-order chi connectivity index (χ1) is 4.22. The van der Waals surface area contributed by atoms with E-state index in [4.69, 9.17) is 0 Å². The van der Waals surface area contributed by atoms with Crippen LogP contribution in [0.25, 0.3) is 0 Å². The number of rotatable bonds is 0. The Morgan fingerprint density at radius 2 is 1.80 bits per heavy atom. The molecule has 0 spiro atoms. The quantitative estimate of drug-likeness (QED) is 0.673. The third-order valence-electron chi connectivity index (χ3n) is 1.52. The fraction of sp³-hybridized carbons (Fsp3) is 0.429. The monoisotopic (exact) mass is 305 g/mol. The van der Waals surface area contributed by atoms with E-state index in [9.17, 15) is 0 Å². The number of hydrogen-bond acceptors (Lipinski definition) is 2. The SMILES string of the molecule is Cc1[c-]nnc(C)c1C.[W+2]. The van der Waals surface area contributed by atoms with E-state index in [1.165, 1.54) is 5.56 Å². The molecule has 0 bridgehead atoms. The van der Waals surface area contributed by atoms with Crippen LogP contribution in [0.2, 0.25) is 0 Å². The molecule has 3 heteroatoms. The molecule has 0 radical (unpaired) electrons. The molecule has 0 aliphatic rings. The van der Waals surface area contributed by atoms with Crippen LogP contribution in [0.4, 0.5) is 0 Å². The summed E-state index contributed by atoms with van der Waals surface area (Å²) < 4.78 is 0. The molecule has 10 heavy (non-hydrogen) atoms. The molecule has 0 unspecified atom stereocenters. The molecule has 0 atom stereocenters. The molecule has 0 aliphatic heterocycles. The smallest absolute Gasteiger partial charge is 0.267 e. The second-order valence-electron chi connectivity index (χ2n) is 2.15. The minimum atomic E-state index is 0. The summed E-state index contributed by atoms with van der Waals surface area (Å²) in [5.41, 5.74) is 3.26. The second kappa shape index (κ2) is 3.82. The third-order valence-corrected chi connectivity index (χ3v) is 1.52. The van der Waals surface area contributed by atoms with Gasteiger partial charge in [-0.15, -0.1) is 13.1 Å².